The molecule has 0 N–H and O–H groups in total. The van der Waals surface area contributed by atoms with Gasteiger partial charge in [0.1, 0.15) is 17.0 Å². The second-order valence-corrected chi connectivity index (χ2v) is 5.15. The number of hydrogen-bond donors (Lipinski definition) is 0. The Morgan fingerprint density at radius 1 is 1.13 bits per heavy atom. The Bertz CT molecular complexity index is 879. The molecule has 0 saturated carbocycles. The number of carbonyl (C=O) groups excluding carboxylic acids is 2. The van der Waals surface area contributed by atoms with E-state index in [1.54, 1.807) is 29.7 Å². The minimum atomic E-state index is -0.869. The van der Waals surface area contributed by atoms with Crippen molar-refractivity contribution in [2.24, 2.45) is 0 Å². The third-order valence-electron chi connectivity index (χ3n) is 3.53. The van der Waals surface area contributed by atoms with Gasteiger partial charge in [-0.25, -0.2) is 9.78 Å². The van der Waals surface area contributed by atoms with Crippen LogP contribution in [0.15, 0.2) is 48.7 Å². The van der Waals surface area contributed by atoms with Crippen molar-refractivity contribution in [1.29, 1.82) is 0 Å². The van der Waals surface area contributed by atoms with Crippen molar-refractivity contribution >= 4 is 17.4 Å². The highest BCUT2D eigenvalue weighted by molar-refractivity contribution is 6.41. The van der Waals surface area contributed by atoms with Gasteiger partial charge in [0.25, 0.3) is 5.78 Å². The molecule has 0 aliphatic rings. The molecular formula is C18H16N2O3. The van der Waals surface area contributed by atoms with Gasteiger partial charge in [-0.05, 0) is 26.0 Å². The molecule has 0 radical (unpaired) electrons. The van der Waals surface area contributed by atoms with Gasteiger partial charge in [-0.2, -0.15) is 0 Å². The number of imidazole rings is 1. The monoisotopic (exact) mass is 308 g/mol. The van der Waals surface area contributed by atoms with E-state index in [1.165, 1.54) is 0 Å². The van der Waals surface area contributed by atoms with Gasteiger partial charge in [0.15, 0.2) is 0 Å². The molecule has 116 valence electrons. The SMILES string of the molecule is CCOC(=O)C(=O)c1c(-c2ccc(C)cc2)nc2ccccn12. The molecule has 5 heteroatoms. The number of carbonyl (C=O) groups is 2. The lowest BCUT2D eigenvalue weighted by Crippen LogP contribution is -2.20. The summed E-state index contributed by atoms with van der Waals surface area (Å²) in [6.45, 7) is 3.81. The third kappa shape index (κ3) is 2.73. The zero-order chi connectivity index (χ0) is 16.4. The Labute approximate surface area is 133 Å². The number of Topliss-reactive ketones (excluding diaryl/α,β-unsaturated/α-hetero) is 1. The molecule has 0 spiro atoms. The fraction of sp³-hybridized carbons (Fsp3) is 0.167. The van der Waals surface area contributed by atoms with Gasteiger partial charge in [-0.15, -0.1) is 0 Å². The number of benzene rings is 1. The largest absolute Gasteiger partial charge is 0.460 e. The maximum atomic E-state index is 12.5. The molecule has 0 bridgehead atoms. The number of aromatic nitrogens is 2. The van der Waals surface area contributed by atoms with Crippen molar-refractivity contribution in [2.45, 2.75) is 13.8 Å². The zero-order valence-electron chi connectivity index (χ0n) is 12.9. The maximum Gasteiger partial charge on any atom is 0.381 e. The number of pyridine rings is 1. The van der Waals surface area contributed by atoms with Crippen LogP contribution < -0.4 is 0 Å². The number of ketones is 1. The highest BCUT2D eigenvalue weighted by Gasteiger charge is 2.26. The summed E-state index contributed by atoms with van der Waals surface area (Å²) >= 11 is 0. The molecule has 0 unspecified atom stereocenters. The predicted molar refractivity (Wildman–Crippen MR) is 86.3 cm³/mol. The van der Waals surface area contributed by atoms with Crippen LogP contribution in [0.2, 0.25) is 0 Å². The van der Waals surface area contributed by atoms with E-state index >= 15 is 0 Å². The molecule has 2 aromatic heterocycles. The van der Waals surface area contributed by atoms with E-state index < -0.39 is 11.8 Å². The summed E-state index contributed by atoms with van der Waals surface area (Å²) in [6, 6.07) is 13.1. The molecule has 0 saturated heterocycles. The first-order valence-electron chi connectivity index (χ1n) is 7.37. The summed E-state index contributed by atoms with van der Waals surface area (Å²) in [4.78, 5) is 29.0. The van der Waals surface area contributed by atoms with Gasteiger partial charge in [0.2, 0.25) is 0 Å². The van der Waals surface area contributed by atoms with Crippen LogP contribution in [0.25, 0.3) is 16.9 Å². The third-order valence-corrected chi connectivity index (χ3v) is 3.53. The Balaban J connectivity index is 2.21. The Kier molecular flexibility index (Phi) is 3.93. The van der Waals surface area contributed by atoms with E-state index in [2.05, 4.69) is 4.98 Å². The summed E-state index contributed by atoms with van der Waals surface area (Å²) < 4.78 is 6.48. The zero-order valence-corrected chi connectivity index (χ0v) is 12.9. The minimum absolute atomic E-state index is 0.154. The molecule has 0 aliphatic carbocycles. The molecular weight excluding hydrogens is 292 g/mol. The highest BCUT2D eigenvalue weighted by atomic mass is 16.5. The maximum absolute atomic E-state index is 12.5. The van der Waals surface area contributed by atoms with Crippen LogP contribution in [-0.2, 0) is 9.53 Å². The lowest BCUT2D eigenvalue weighted by atomic mass is 10.1. The van der Waals surface area contributed by atoms with Crippen LogP contribution in [-0.4, -0.2) is 27.7 Å². The molecule has 23 heavy (non-hydrogen) atoms. The number of fused-ring (bicyclic) bond motifs is 1. The first-order valence-corrected chi connectivity index (χ1v) is 7.37. The van der Waals surface area contributed by atoms with Crippen LogP contribution in [0, 0.1) is 6.92 Å². The van der Waals surface area contributed by atoms with E-state index in [4.69, 9.17) is 4.74 Å². The highest BCUT2D eigenvalue weighted by Crippen LogP contribution is 2.25. The smallest absolute Gasteiger partial charge is 0.381 e. The topological polar surface area (TPSA) is 60.7 Å². The number of aryl methyl sites for hydroxylation is 1. The average molecular weight is 308 g/mol. The van der Waals surface area contributed by atoms with Gasteiger partial charge in [0.05, 0.1) is 6.61 Å². The molecule has 0 aliphatic heterocycles. The summed E-state index contributed by atoms with van der Waals surface area (Å²) in [5.74, 6) is -1.56. The van der Waals surface area contributed by atoms with E-state index in [0.29, 0.717) is 11.3 Å². The second-order valence-electron chi connectivity index (χ2n) is 5.15. The van der Waals surface area contributed by atoms with Crippen molar-refractivity contribution in [1.82, 2.24) is 9.38 Å². The van der Waals surface area contributed by atoms with Crippen molar-refractivity contribution in [3.05, 3.63) is 59.9 Å². The van der Waals surface area contributed by atoms with Crippen molar-refractivity contribution < 1.29 is 14.3 Å². The lowest BCUT2D eigenvalue weighted by molar-refractivity contribution is -0.137. The summed E-state index contributed by atoms with van der Waals surface area (Å²) in [7, 11) is 0. The van der Waals surface area contributed by atoms with Crippen molar-refractivity contribution in [2.75, 3.05) is 6.61 Å². The first-order chi connectivity index (χ1) is 11.1. The van der Waals surface area contributed by atoms with Crippen molar-refractivity contribution in [3.8, 4) is 11.3 Å². The fourth-order valence-electron chi connectivity index (χ4n) is 2.42. The van der Waals surface area contributed by atoms with E-state index in [0.717, 1.165) is 11.1 Å². The Morgan fingerprint density at radius 2 is 1.87 bits per heavy atom. The summed E-state index contributed by atoms with van der Waals surface area (Å²) in [5, 5.41) is 0. The Morgan fingerprint density at radius 3 is 2.57 bits per heavy atom. The first kappa shape index (κ1) is 15.0. The standard InChI is InChI=1S/C18H16N2O3/c1-3-23-18(22)17(21)16-15(13-9-7-12(2)8-10-13)19-14-6-4-5-11-20(14)16/h4-11H,3H2,1-2H3. The van der Waals surface area contributed by atoms with Crippen LogP contribution in [0.3, 0.4) is 0 Å². The van der Waals surface area contributed by atoms with Gasteiger partial charge in [0, 0.05) is 11.8 Å². The second kappa shape index (κ2) is 6.04. The summed E-state index contributed by atoms with van der Waals surface area (Å²) in [5.41, 5.74) is 3.20. The van der Waals surface area contributed by atoms with Gasteiger partial charge >= 0.3 is 5.97 Å². The molecule has 3 aromatic rings. The number of rotatable bonds is 4. The van der Waals surface area contributed by atoms with Crippen LogP contribution >= 0.6 is 0 Å². The van der Waals surface area contributed by atoms with Crippen molar-refractivity contribution in [3.63, 3.8) is 0 Å². The van der Waals surface area contributed by atoms with Gasteiger partial charge in [-0.1, -0.05) is 35.9 Å². The minimum Gasteiger partial charge on any atom is -0.460 e. The molecule has 0 amide bonds. The number of nitrogens with zero attached hydrogens (tertiary/aromatic N) is 2. The quantitative estimate of drug-likeness (QED) is 0.422. The molecule has 1 aromatic carbocycles. The van der Waals surface area contributed by atoms with E-state index in [-0.39, 0.29) is 12.3 Å². The Hall–Kier alpha value is -2.95. The van der Waals surface area contributed by atoms with Gasteiger partial charge in [-0.3, -0.25) is 9.20 Å². The molecule has 5 nitrogen and oxygen atoms in total. The number of ether oxygens (including phenoxy) is 1. The predicted octanol–water partition coefficient (Wildman–Crippen LogP) is 3.06. The number of esters is 1. The van der Waals surface area contributed by atoms with Gasteiger partial charge < -0.3 is 4.74 Å². The lowest BCUT2D eigenvalue weighted by Gasteiger charge is -2.04. The van der Waals surface area contributed by atoms with E-state index in [9.17, 15) is 9.59 Å². The van der Waals surface area contributed by atoms with E-state index in [1.807, 2.05) is 37.3 Å². The van der Waals surface area contributed by atoms with Crippen LogP contribution in [0.1, 0.15) is 23.0 Å². The summed E-state index contributed by atoms with van der Waals surface area (Å²) in [6.07, 6.45) is 1.71. The van der Waals surface area contributed by atoms with Crippen LogP contribution in [0.4, 0.5) is 0 Å². The van der Waals surface area contributed by atoms with Crippen LogP contribution in [0.5, 0.6) is 0 Å². The fourth-order valence-corrected chi connectivity index (χ4v) is 2.42. The molecule has 0 fully saturated rings. The number of hydrogen-bond acceptors (Lipinski definition) is 4. The average Bonchev–Trinajstić information content (AvgIpc) is 2.94. The molecule has 0 atom stereocenters. The molecule has 3 rings (SSSR count). The molecule has 2 heterocycles. The normalized spacial score (nSPS) is 10.7.